The molecule has 0 aliphatic heterocycles. The van der Waals surface area contributed by atoms with Gasteiger partial charge < -0.3 is 0 Å². The number of aromatic nitrogens is 2. The van der Waals surface area contributed by atoms with Gasteiger partial charge in [0.05, 0.1) is 21.2 Å². The van der Waals surface area contributed by atoms with Crippen molar-refractivity contribution in [3.63, 3.8) is 0 Å². The number of anilines is 1. The zero-order chi connectivity index (χ0) is 19.8. The molecule has 0 bridgehead atoms. The van der Waals surface area contributed by atoms with Crippen LogP contribution in [0, 0.1) is 0 Å². The Morgan fingerprint density at radius 3 is 2.18 bits per heavy atom. The molecule has 1 fully saturated rings. The van der Waals surface area contributed by atoms with Crippen LogP contribution in [0.25, 0.3) is 5.69 Å². The molecule has 0 spiro atoms. The fourth-order valence-corrected chi connectivity index (χ4v) is 4.99. The molecule has 1 aliphatic rings. The molecule has 8 nitrogen and oxygen atoms in total. The lowest BCUT2D eigenvalue weighted by atomic mass is 10.3. The molecule has 2 N–H and O–H groups in total. The summed E-state index contributed by atoms with van der Waals surface area (Å²) in [5.41, 5.74) is 1.08. The summed E-state index contributed by atoms with van der Waals surface area (Å²) in [6.07, 6.45) is 5.04. The zero-order valence-electron chi connectivity index (χ0n) is 14.7. The van der Waals surface area contributed by atoms with Gasteiger partial charge in [0.2, 0.25) is 10.0 Å². The van der Waals surface area contributed by atoms with Gasteiger partial charge in [0, 0.05) is 18.4 Å². The highest BCUT2D eigenvalue weighted by Crippen LogP contribution is 2.23. The van der Waals surface area contributed by atoms with E-state index in [1.54, 1.807) is 47.4 Å². The maximum Gasteiger partial charge on any atom is 0.261 e. The predicted octanol–water partition coefficient (Wildman–Crippen LogP) is 2.11. The Hall–Kier alpha value is -2.69. The molecule has 4 rings (SSSR count). The first-order valence-electron chi connectivity index (χ1n) is 8.59. The Labute approximate surface area is 163 Å². The van der Waals surface area contributed by atoms with E-state index in [1.807, 2.05) is 0 Å². The fourth-order valence-electron chi connectivity index (χ4n) is 2.63. The van der Waals surface area contributed by atoms with Gasteiger partial charge in [0.1, 0.15) is 0 Å². The van der Waals surface area contributed by atoms with E-state index in [0.717, 1.165) is 12.8 Å². The SMILES string of the molecule is O=S(=O)(Nc1cccc(-n2cccn2)c1)c1ccc(S(=O)(=O)NC2CC2)cc1. The van der Waals surface area contributed by atoms with Gasteiger partial charge >= 0.3 is 0 Å². The summed E-state index contributed by atoms with van der Waals surface area (Å²) in [4.78, 5) is 0.0152. The molecule has 0 unspecified atom stereocenters. The molecule has 28 heavy (non-hydrogen) atoms. The van der Waals surface area contributed by atoms with E-state index in [4.69, 9.17) is 0 Å². The first-order chi connectivity index (χ1) is 13.3. The molecular weight excluding hydrogens is 400 g/mol. The van der Waals surface area contributed by atoms with E-state index in [1.165, 1.54) is 24.3 Å². The van der Waals surface area contributed by atoms with Crippen LogP contribution in [0.2, 0.25) is 0 Å². The lowest BCUT2D eigenvalue weighted by Crippen LogP contribution is -2.25. The van der Waals surface area contributed by atoms with Gasteiger partial charge in [0.15, 0.2) is 0 Å². The van der Waals surface area contributed by atoms with Crippen LogP contribution in [0.5, 0.6) is 0 Å². The van der Waals surface area contributed by atoms with Crippen LogP contribution in [0.1, 0.15) is 12.8 Å². The smallest absolute Gasteiger partial charge is 0.261 e. The van der Waals surface area contributed by atoms with Crippen molar-refractivity contribution >= 4 is 25.7 Å². The quantitative estimate of drug-likeness (QED) is 0.611. The molecule has 0 atom stereocenters. The van der Waals surface area contributed by atoms with Crippen LogP contribution in [0.15, 0.2) is 76.8 Å². The maximum atomic E-state index is 12.6. The normalized spacial score (nSPS) is 14.7. The van der Waals surface area contributed by atoms with Crippen molar-refractivity contribution in [2.24, 2.45) is 0 Å². The summed E-state index contributed by atoms with van der Waals surface area (Å²) in [6.45, 7) is 0. The van der Waals surface area contributed by atoms with Crippen molar-refractivity contribution < 1.29 is 16.8 Å². The van der Waals surface area contributed by atoms with Gasteiger partial charge in [-0.1, -0.05) is 6.07 Å². The van der Waals surface area contributed by atoms with Gasteiger partial charge in [-0.25, -0.2) is 26.2 Å². The van der Waals surface area contributed by atoms with Crippen molar-refractivity contribution in [3.05, 3.63) is 67.0 Å². The van der Waals surface area contributed by atoms with Crippen LogP contribution in [0.3, 0.4) is 0 Å². The highest BCUT2D eigenvalue weighted by atomic mass is 32.2. The van der Waals surface area contributed by atoms with Crippen LogP contribution >= 0.6 is 0 Å². The minimum absolute atomic E-state index is 0.0165. The summed E-state index contributed by atoms with van der Waals surface area (Å²) >= 11 is 0. The molecule has 3 aromatic rings. The minimum Gasteiger partial charge on any atom is -0.280 e. The number of sulfonamides is 2. The van der Waals surface area contributed by atoms with Crippen LogP contribution in [0.4, 0.5) is 5.69 Å². The fraction of sp³-hybridized carbons (Fsp3) is 0.167. The first-order valence-corrected chi connectivity index (χ1v) is 11.6. The van der Waals surface area contributed by atoms with E-state index >= 15 is 0 Å². The number of rotatable bonds is 7. The molecule has 10 heteroatoms. The Kier molecular flexibility index (Phi) is 4.69. The van der Waals surface area contributed by atoms with Gasteiger partial charge in [-0.05, 0) is 61.4 Å². The third-order valence-electron chi connectivity index (χ3n) is 4.21. The predicted molar refractivity (Wildman–Crippen MR) is 104 cm³/mol. The lowest BCUT2D eigenvalue weighted by molar-refractivity contribution is 0.580. The molecule has 1 saturated carbocycles. The molecule has 2 aromatic carbocycles. The molecular formula is C18H18N4O4S2. The molecule has 1 aromatic heterocycles. The van der Waals surface area contributed by atoms with E-state index in [2.05, 4.69) is 14.5 Å². The second-order valence-electron chi connectivity index (χ2n) is 6.47. The topological polar surface area (TPSA) is 110 Å². The summed E-state index contributed by atoms with van der Waals surface area (Å²) in [5, 5.41) is 4.12. The average molecular weight is 419 g/mol. The summed E-state index contributed by atoms with van der Waals surface area (Å²) in [7, 11) is -7.49. The first kappa shape index (κ1) is 18.7. The number of hydrogen-bond donors (Lipinski definition) is 2. The van der Waals surface area contributed by atoms with Crippen molar-refractivity contribution in [2.75, 3.05) is 4.72 Å². The van der Waals surface area contributed by atoms with Crippen LogP contribution in [-0.2, 0) is 20.0 Å². The molecule has 0 radical (unpaired) electrons. The van der Waals surface area contributed by atoms with Crippen molar-refractivity contribution in [3.8, 4) is 5.69 Å². The summed E-state index contributed by atoms with van der Waals surface area (Å²) in [6, 6.07) is 13.7. The van der Waals surface area contributed by atoms with Gasteiger partial charge in [-0.15, -0.1) is 0 Å². The summed E-state index contributed by atoms with van der Waals surface area (Å²) < 4.78 is 56.4. The van der Waals surface area contributed by atoms with Crippen LogP contribution in [-0.4, -0.2) is 32.7 Å². The van der Waals surface area contributed by atoms with Gasteiger partial charge in [-0.3, -0.25) is 4.72 Å². The zero-order valence-corrected chi connectivity index (χ0v) is 16.3. The van der Waals surface area contributed by atoms with Crippen molar-refractivity contribution in [2.45, 2.75) is 28.7 Å². The van der Waals surface area contributed by atoms with E-state index in [0.29, 0.717) is 11.4 Å². The number of hydrogen-bond acceptors (Lipinski definition) is 5. The van der Waals surface area contributed by atoms with Crippen molar-refractivity contribution in [1.29, 1.82) is 0 Å². The highest BCUT2D eigenvalue weighted by molar-refractivity contribution is 7.92. The monoisotopic (exact) mass is 418 g/mol. The summed E-state index contributed by atoms with van der Waals surface area (Å²) in [5.74, 6) is 0. The van der Waals surface area contributed by atoms with E-state index in [-0.39, 0.29) is 15.8 Å². The Morgan fingerprint density at radius 1 is 0.893 bits per heavy atom. The van der Waals surface area contributed by atoms with Gasteiger partial charge in [-0.2, -0.15) is 5.10 Å². The van der Waals surface area contributed by atoms with Crippen LogP contribution < -0.4 is 9.44 Å². The average Bonchev–Trinajstić information content (AvgIpc) is 3.29. The third kappa shape index (κ3) is 4.08. The largest absolute Gasteiger partial charge is 0.280 e. The van der Waals surface area contributed by atoms with Crippen molar-refractivity contribution in [1.82, 2.24) is 14.5 Å². The Balaban J connectivity index is 1.54. The minimum atomic E-state index is -3.87. The Bertz CT molecular complexity index is 1180. The second kappa shape index (κ2) is 7.04. The molecule has 146 valence electrons. The Morgan fingerprint density at radius 2 is 1.57 bits per heavy atom. The lowest BCUT2D eigenvalue weighted by Gasteiger charge is -2.11. The standard InChI is InChI=1S/C18H18N4O4S2/c23-27(24,20-14-5-6-14)17-7-9-18(10-8-17)28(25,26)21-15-3-1-4-16(13-15)22-12-2-11-19-22/h1-4,7-14,20-21H,5-6H2. The molecule has 0 saturated heterocycles. The second-order valence-corrected chi connectivity index (χ2v) is 9.87. The van der Waals surface area contributed by atoms with E-state index < -0.39 is 20.0 Å². The molecule has 0 amide bonds. The molecule has 1 heterocycles. The molecule has 1 aliphatic carbocycles. The number of benzene rings is 2. The number of nitrogens with zero attached hydrogens (tertiary/aromatic N) is 2. The number of nitrogens with one attached hydrogen (secondary N) is 2. The highest BCUT2D eigenvalue weighted by Gasteiger charge is 2.28. The van der Waals surface area contributed by atoms with E-state index in [9.17, 15) is 16.8 Å². The van der Waals surface area contributed by atoms with Gasteiger partial charge in [0.25, 0.3) is 10.0 Å². The maximum absolute atomic E-state index is 12.6. The third-order valence-corrected chi connectivity index (χ3v) is 7.14.